The number of phenolic OH excluding ortho intramolecular Hbond substituents is 1. The Morgan fingerprint density at radius 3 is 1.65 bits per heavy atom. The number of phenols is 1. The summed E-state index contributed by atoms with van der Waals surface area (Å²) < 4.78 is 42.3. The summed E-state index contributed by atoms with van der Waals surface area (Å²) >= 11 is 3.28. The van der Waals surface area contributed by atoms with Gasteiger partial charge < -0.3 is 15.0 Å². The first kappa shape index (κ1) is 63.7. The third kappa shape index (κ3) is 15.8. The van der Waals surface area contributed by atoms with Crippen molar-refractivity contribution in [2.45, 2.75) is 26.9 Å². The average Bonchev–Trinajstić information content (AvgIpc) is 2.12. The van der Waals surface area contributed by atoms with E-state index in [1.807, 2.05) is 6.07 Å². The standard InChI is InChI=1S/C23H19F3N4O5.C16H9BrN4O6.C15H11N3O6/c1-13-4-5-18(10-21(13)23(24,25)26)28-14(2)6-17(15(28)3)11-27-12-22(31)16-7-19(29(32)33)9-20(8-16)30(34)35;17-9-1-2-13-12(5-9)15(16(23)19-13)18-7-14(22)8-3-10(20(24)25)6-11(4-8)21(26)27;19-14(9-16-8-10-4-2-1-3-5-10)12-6-11(17(21)22)7-13(15(12)20)18(23)24/h4-11H,12H2,1-3H3;1-6H,7H2,(H,18,19,23);1-8,20H,9H2. The number of hydrogen-bond donors (Lipinski definition) is 2. The van der Waals surface area contributed by atoms with Crippen LogP contribution in [0.4, 0.5) is 53.0 Å². The Bertz CT molecular complexity index is 4010. The Morgan fingerprint density at radius 2 is 1.13 bits per heavy atom. The van der Waals surface area contributed by atoms with E-state index in [2.05, 4.69) is 36.2 Å². The molecule has 0 fully saturated rings. The quantitative estimate of drug-likeness (QED) is 0.0349. The van der Waals surface area contributed by atoms with Crippen LogP contribution in [0, 0.1) is 81.5 Å². The number of hydrogen-bond acceptors (Lipinski definition) is 20. The molecule has 1 aromatic heterocycles. The maximum atomic E-state index is 13.3. The smallest absolute Gasteiger partial charge is 0.416 e. The molecule has 0 radical (unpaired) electrons. The highest BCUT2D eigenvalue weighted by atomic mass is 79.9. The molecule has 0 bridgehead atoms. The van der Waals surface area contributed by atoms with E-state index < -0.39 is 130 Å². The Labute approximate surface area is 487 Å². The molecule has 6 aromatic carbocycles. The summed E-state index contributed by atoms with van der Waals surface area (Å²) in [6.45, 7) is 3.43. The molecule has 2 heterocycles. The Hall–Kier alpha value is -11.4. The number of rotatable bonds is 18. The Balaban J connectivity index is 0.000000211. The molecule has 0 saturated heterocycles. The summed E-state index contributed by atoms with van der Waals surface area (Å²) in [5.41, 5.74) is -1.59. The third-order valence-corrected chi connectivity index (χ3v) is 12.6. The van der Waals surface area contributed by atoms with Crippen LogP contribution in [-0.2, 0) is 11.0 Å². The maximum absolute atomic E-state index is 13.3. The summed E-state index contributed by atoms with van der Waals surface area (Å²) in [6.07, 6.45) is -1.72. The van der Waals surface area contributed by atoms with Gasteiger partial charge in [0, 0.05) is 86.6 Å². The van der Waals surface area contributed by atoms with Gasteiger partial charge in [0.25, 0.3) is 34.3 Å². The first-order valence-corrected chi connectivity index (χ1v) is 25.0. The normalized spacial score (nSPS) is 12.1. The van der Waals surface area contributed by atoms with Crippen molar-refractivity contribution >= 4 is 97.1 Å². The molecule has 1 aliphatic rings. The van der Waals surface area contributed by atoms with Crippen LogP contribution in [0.3, 0.4) is 0 Å². The second kappa shape index (κ2) is 27.1. The third-order valence-electron chi connectivity index (χ3n) is 12.2. The molecule has 440 valence electrons. The fourth-order valence-electron chi connectivity index (χ4n) is 8.07. The van der Waals surface area contributed by atoms with E-state index in [9.17, 15) is 98.1 Å². The van der Waals surface area contributed by atoms with E-state index in [4.69, 9.17) is 0 Å². The van der Waals surface area contributed by atoms with Crippen LogP contribution in [0.25, 0.3) is 5.69 Å². The monoisotopic (exact) mass is 1250 g/mol. The van der Waals surface area contributed by atoms with E-state index in [-0.39, 0.29) is 22.4 Å². The molecule has 28 nitrogen and oxygen atoms in total. The summed E-state index contributed by atoms with van der Waals surface area (Å²) in [6, 6.07) is 26.3. The summed E-state index contributed by atoms with van der Waals surface area (Å²) in [5, 5.41) is 77.9. The molecule has 8 rings (SSSR count). The van der Waals surface area contributed by atoms with Crippen LogP contribution in [0.1, 0.15) is 70.3 Å². The number of carbonyl (C=O) groups excluding carboxylic acids is 4. The number of nitrogens with one attached hydrogen (secondary N) is 1. The van der Waals surface area contributed by atoms with Crippen LogP contribution in [0.2, 0.25) is 0 Å². The van der Waals surface area contributed by atoms with Crippen LogP contribution < -0.4 is 5.32 Å². The molecule has 32 heteroatoms. The second-order valence-corrected chi connectivity index (χ2v) is 18.9. The number of halogens is 4. The second-order valence-electron chi connectivity index (χ2n) is 18.0. The van der Waals surface area contributed by atoms with Crippen molar-refractivity contribution in [1.82, 2.24) is 4.57 Å². The van der Waals surface area contributed by atoms with Gasteiger partial charge >= 0.3 is 11.9 Å². The number of fused-ring (bicyclic) bond motifs is 1. The number of aryl methyl sites for hydroxylation is 2. The Morgan fingerprint density at radius 1 is 0.616 bits per heavy atom. The van der Waals surface area contributed by atoms with Crippen molar-refractivity contribution in [1.29, 1.82) is 0 Å². The van der Waals surface area contributed by atoms with Crippen molar-refractivity contribution in [2.75, 3.05) is 25.0 Å². The van der Waals surface area contributed by atoms with Gasteiger partial charge in [-0.15, -0.1) is 0 Å². The molecular formula is C54H39BrF3N11O17. The van der Waals surface area contributed by atoms with Gasteiger partial charge in [-0.3, -0.25) is 94.8 Å². The topological polar surface area (TPSA) is 401 Å². The van der Waals surface area contributed by atoms with E-state index >= 15 is 0 Å². The van der Waals surface area contributed by atoms with Crippen molar-refractivity contribution in [3.8, 4) is 11.4 Å². The van der Waals surface area contributed by atoms with Gasteiger partial charge in [-0.25, -0.2) is 0 Å². The number of aromatic hydroxyl groups is 1. The SMILES string of the molecule is Cc1ccc(-n2c(C)cc(C=NCC(=O)c3cc([N+](=O)[O-])cc([N+](=O)[O-])c3)c2C)cc1C(F)(F)F.O=C(CN=Cc1ccccc1)c1cc([N+](=O)[O-])cc([N+](=O)[O-])c1O.O=C1Nc2ccc(Br)cc2C1=NCC(=O)c1cc([N+](=O)[O-])cc([N+](=O)[O-])c1. The van der Waals surface area contributed by atoms with Gasteiger partial charge in [-0.2, -0.15) is 13.2 Å². The van der Waals surface area contributed by atoms with Crippen LogP contribution in [0.5, 0.6) is 5.75 Å². The average molecular weight is 1250 g/mol. The van der Waals surface area contributed by atoms with Crippen LogP contribution in [-0.4, -0.2) is 100 Å². The van der Waals surface area contributed by atoms with Gasteiger partial charge in [0.15, 0.2) is 17.3 Å². The number of aliphatic imine (C=N–C) groups is 3. The van der Waals surface area contributed by atoms with E-state index in [0.29, 0.717) is 44.4 Å². The number of Topliss-reactive ketones (excluding diaryl/α,β-unsaturated/α-hetero) is 3. The minimum atomic E-state index is -4.50. The molecule has 2 N–H and O–H groups in total. The van der Waals surface area contributed by atoms with Gasteiger partial charge in [-0.05, 0) is 68.3 Å². The number of amides is 1. The molecule has 1 amide bonds. The summed E-state index contributed by atoms with van der Waals surface area (Å²) in [4.78, 5) is 121. The minimum absolute atomic E-state index is 0.0413. The first-order chi connectivity index (χ1) is 40.4. The molecular weight excluding hydrogens is 1210 g/mol. The minimum Gasteiger partial charge on any atom is -0.502 e. The zero-order chi connectivity index (χ0) is 63.5. The van der Waals surface area contributed by atoms with E-state index in [1.54, 1.807) is 73.0 Å². The number of nitro groups is 6. The van der Waals surface area contributed by atoms with E-state index in [1.165, 1.54) is 25.4 Å². The molecule has 86 heavy (non-hydrogen) atoms. The lowest BCUT2D eigenvalue weighted by molar-refractivity contribution is -0.394. The highest BCUT2D eigenvalue weighted by molar-refractivity contribution is 9.10. The molecule has 0 atom stereocenters. The fourth-order valence-corrected chi connectivity index (χ4v) is 8.43. The number of anilines is 1. The van der Waals surface area contributed by atoms with Crippen LogP contribution in [0.15, 0.2) is 141 Å². The molecule has 0 spiro atoms. The first-order valence-electron chi connectivity index (χ1n) is 24.2. The zero-order valence-electron chi connectivity index (χ0n) is 44.3. The van der Waals surface area contributed by atoms with E-state index in [0.717, 1.165) is 54.1 Å². The molecule has 0 aliphatic carbocycles. The number of nitro benzene ring substituents is 6. The highest BCUT2D eigenvalue weighted by Crippen LogP contribution is 2.36. The number of ketones is 3. The van der Waals surface area contributed by atoms with Crippen molar-refractivity contribution in [3.63, 3.8) is 0 Å². The predicted molar refractivity (Wildman–Crippen MR) is 304 cm³/mol. The number of nitrogens with zero attached hydrogens (tertiary/aromatic N) is 10. The highest BCUT2D eigenvalue weighted by Gasteiger charge is 2.33. The summed E-state index contributed by atoms with van der Waals surface area (Å²) in [7, 11) is 0. The predicted octanol–water partition coefficient (Wildman–Crippen LogP) is 10.9. The van der Waals surface area contributed by atoms with Crippen LogP contribution >= 0.6 is 15.9 Å². The molecule has 0 unspecified atom stereocenters. The Kier molecular flexibility index (Phi) is 20.1. The lowest BCUT2D eigenvalue weighted by Gasteiger charge is -2.15. The number of non-ortho nitro benzene ring substituents is 5. The van der Waals surface area contributed by atoms with Crippen molar-refractivity contribution in [3.05, 3.63) is 242 Å². The number of alkyl halides is 3. The largest absolute Gasteiger partial charge is 0.502 e. The summed E-state index contributed by atoms with van der Waals surface area (Å²) in [5.74, 6) is -3.53. The lowest BCUT2D eigenvalue weighted by atomic mass is 10.1. The maximum Gasteiger partial charge on any atom is 0.416 e. The number of benzene rings is 6. The van der Waals surface area contributed by atoms with Gasteiger partial charge in [0.2, 0.25) is 5.75 Å². The van der Waals surface area contributed by atoms with Crippen molar-refractivity contribution in [2.24, 2.45) is 15.0 Å². The molecule has 7 aromatic rings. The number of carbonyl (C=O) groups is 4. The zero-order valence-corrected chi connectivity index (χ0v) is 45.9. The van der Waals surface area contributed by atoms with Gasteiger partial charge in [0.05, 0.1) is 64.6 Å². The van der Waals surface area contributed by atoms with Crippen molar-refractivity contribution < 1.29 is 67.0 Å². The van der Waals surface area contributed by atoms with Gasteiger partial charge in [-0.1, -0.05) is 52.3 Å². The molecule has 0 saturated carbocycles. The lowest BCUT2D eigenvalue weighted by Crippen LogP contribution is -2.16. The fraction of sp³-hybridized carbons (Fsp3) is 0.130. The van der Waals surface area contributed by atoms with Gasteiger partial charge in [0.1, 0.15) is 25.3 Å². The molecule has 1 aliphatic heterocycles. The number of aromatic nitrogens is 1.